The van der Waals surface area contributed by atoms with Crippen molar-refractivity contribution in [3.63, 3.8) is 0 Å². The molecule has 0 bridgehead atoms. The van der Waals surface area contributed by atoms with E-state index in [-0.39, 0.29) is 5.56 Å². The number of ether oxygens (including phenoxy) is 1. The van der Waals surface area contributed by atoms with E-state index in [0.717, 1.165) is 30.8 Å². The number of hydrogen-bond donors (Lipinski definition) is 1. The Morgan fingerprint density at radius 2 is 2.30 bits per heavy atom. The molecule has 20 heavy (non-hydrogen) atoms. The Kier molecular flexibility index (Phi) is 7.69. The zero-order chi connectivity index (χ0) is 15.0. The van der Waals surface area contributed by atoms with Gasteiger partial charge in [0.25, 0.3) is 5.56 Å². The summed E-state index contributed by atoms with van der Waals surface area (Å²) in [6, 6.07) is 1.63. The minimum Gasteiger partial charge on any atom is -0.383 e. The highest BCUT2D eigenvalue weighted by Crippen LogP contribution is 2.11. The van der Waals surface area contributed by atoms with E-state index in [1.54, 1.807) is 19.4 Å². The van der Waals surface area contributed by atoms with Crippen LogP contribution in [-0.4, -0.2) is 42.8 Å². The van der Waals surface area contributed by atoms with Crippen LogP contribution in [0.25, 0.3) is 0 Å². The topological polar surface area (TPSA) is 47.4 Å². The van der Waals surface area contributed by atoms with Crippen LogP contribution in [0.3, 0.4) is 0 Å². The zero-order valence-corrected chi connectivity index (χ0v) is 13.5. The van der Waals surface area contributed by atoms with Crippen LogP contribution in [0.4, 0.5) is 5.69 Å². The summed E-state index contributed by atoms with van der Waals surface area (Å²) in [6.07, 6.45) is 3.89. The number of hydrogen-bond acceptors (Lipinski definition) is 5. The Bertz CT molecular complexity index is 450. The summed E-state index contributed by atoms with van der Waals surface area (Å²) in [5.74, 6) is 1.17. The van der Waals surface area contributed by atoms with Gasteiger partial charge in [0.2, 0.25) is 0 Å². The summed E-state index contributed by atoms with van der Waals surface area (Å²) >= 11 is 4.34. The highest BCUT2D eigenvalue weighted by molar-refractivity contribution is 7.80. The maximum atomic E-state index is 12.1. The van der Waals surface area contributed by atoms with Gasteiger partial charge in [0, 0.05) is 33.3 Å². The molecule has 0 amide bonds. The molecule has 0 saturated heterocycles. The second-order valence-corrected chi connectivity index (χ2v) is 5.35. The van der Waals surface area contributed by atoms with E-state index in [2.05, 4.69) is 24.7 Å². The highest BCUT2D eigenvalue weighted by Gasteiger charge is 2.10. The Balaban J connectivity index is 2.75. The number of likely N-dealkylation sites (N-methyl/N-ethyl adjacent to an activating group) is 1. The second kappa shape index (κ2) is 9.02. The van der Waals surface area contributed by atoms with Crippen molar-refractivity contribution in [3.05, 3.63) is 22.6 Å². The zero-order valence-electron chi connectivity index (χ0n) is 12.6. The minimum absolute atomic E-state index is 0.0605. The molecule has 0 spiro atoms. The van der Waals surface area contributed by atoms with Gasteiger partial charge >= 0.3 is 0 Å². The van der Waals surface area contributed by atoms with Crippen molar-refractivity contribution < 1.29 is 4.74 Å². The molecule has 1 atom stereocenters. The molecule has 0 aliphatic heterocycles. The molecule has 0 radical (unpaired) electrons. The number of rotatable bonds is 9. The lowest BCUT2D eigenvalue weighted by Gasteiger charge is -2.19. The van der Waals surface area contributed by atoms with Crippen molar-refractivity contribution in [1.29, 1.82) is 0 Å². The van der Waals surface area contributed by atoms with Crippen molar-refractivity contribution >= 4 is 18.3 Å². The predicted octanol–water partition coefficient (Wildman–Crippen LogP) is 1.67. The number of methoxy groups -OCH3 is 1. The molecule has 0 N–H and O–H groups in total. The van der Waals surface area contributed by atoms with Crippen LogP contribution in [0.5, 0.6) is 0 Å². The molecular weight excluding hydrogens is 274 g/mol. The van der Waals surface area contributed by atoms with Gasteiger partial charge < -0.3 is 9.64 Å². The third-order valence-electron chi connectivity index (χ3n) is 3.31. The first-order chi connectivity index (χ1) is 9.62. The molecule has 1 rings (SSSR count). The second-order valence-electron chi connectivity index (χ2n) is 4.99. The van der Waals surface area contributed by atoms with Gasteiger partial charge in [-0.3, -0.25) is 4.79 Å². The van der Waals surface area contributed by atoms with Gasteiger partial charge in [0.15, 0.2) is 0 Å². The Morgan fingerprint density at radius 1 is 1.55 bits per heavy atom. The first-order valence-corrected chi connectivity index (χ1v) is 7.63. The van der Waals surface area contributed by atoms with Crippen LogP contribution in [0.1, 0.15) is 19.8 Å². The highest BCUT2D eigenvalue weighted by atomic mass is 32.1. The summed E-state index contributed by atoms with van der Waals surface area (Å²) in [4.78, 5) is 14.1. The largest absolute Gasteiger partial charge is 0.383 e. The summed E-state index contributed by atoms with van der Waals surface area (Å²) in [5, 5.41) is 4.27. The molecule has 1 unspecified atom stereocenters. The predicted molar refractivity (Wildman–Crippen MR) is 85.9 cm³/mol. The average Bonchev–Trinajstić information content (AvgIpc) is 2.45. The van der Waals surface area contributed by atoms with E-state index in [1.807, 2.05) is 11.9 Å². The number of aromatic nitrogens is 2. The van der Waals surface area contributed by atoms with Crippen molar-refractivity contribution in [2.24, 2.45) is 5.92 Å². The van der Waals surface area contributed by atoms with E-state index in [4.69, 9.17) is 4.74 Å². The lowest BCUT2D eigenvalue weighted by atomic mass is 10.1. The summed E-state index contributed by atoms with van der Waals surface area (Å²) in [7, 11) is 3.59. The molecule has 1 aromatic heterocycles. The first-order valence-electron chi connectivity index (χ1n) is 7.00. The summed E-state index contributed by atoms with van der Waals surface area (Å²) < 4.78 is 6.56. The molecule has 0 fully saturated rings. The Morgan fingerprint density at radius 3 is 2.85 bits per heavy atom. The molecule has 0 saturated carbocycles. The van der Waals surface area contributed by atoms with Crippen LogP contribution < -0.4 is 10.5 Å². The van der Waals surface area contributed by atoms with Crippen molar-refractivity contribution in [1.82, 2.24) is 9.78 Å². The van der Waals surface area contributed by atoms with Gasteiger partial charge in [-0.2, -0.15) is 17.7 Å². The Hall–Kier alpha value is -1.01. The van der Waals surface area contributed by atoms with E-state index in [9.17, 15) is 4.79 Å². The molecule has 1 heterocycles. The molecule has 6 heteroatoms. The van der Waals surface area contributed by atoms with E-state index in [0.29, 0.717) is 19.1 Å². The SMILES string of the molecule is CCCC(CS)Cn1ncc(N(C)CCOC)cc1=O. The van der Waals surface area contributed by atoms with Crippen molar-refractivity contribution in [2.75, 3.05) is 38.0 Å². The van der Waals surface area contributed by atoms with Gasteiger partial charge in [-0.1, -0.05) is 13.3 Å². The van der Waals surface area contributed by atoms with Crippen LogP contribution in [0.15, 0.2) is 17.1 Å². The fourth-order valence-electron chi connectivity index (χ4n) is 2.02. The van der Waals surface area contributed by atoms with Crippen LogP contribution in [-0.2, 0) is 11.3 Å². The normalized spacial score (nSPS) is 12.4. The van der Waals surface area contributed by atoms with Gasteiger partial charge in [-0.25, -0.2) is 4.68 Å². The molecule has 114 valence electrons. The standard InChI is InChI=1S/C14H25N3O2S/c1-4-5-12(11-20)10-17-14(18)8-13(9-15-17)16(2)6-7-19-3/h8-9,12,20H,4-7,10-11H2,1-3H3. The number of anilines is 1. The van der Waals surface area contributed by atoms with E-state index < -0.39 is 0 Å². The van der Waals surface area contributed by atoms with E-state index in [1.165, 1.54) is 4.68 Å². The smallest absolute Gasteiger partial charge is 0.268 e. The molecule has 0 aliphatic rings. The molecule has 0 aliphatic carbocycles. The van der Waals surface area contributed by atoms with Crippen molar-refractivity contribution in [3.8, 4) is 0 Å². The first kappa shape index (κ1) is 17.0. The van der Waals surface area contributed by atoms with Crippen LogP contribution in [0, 0.1) is 5.92 Å². The maximum absolute atomic E-state index is 12.1. The third kappa shape index (κ3) is 5.17. The quantitative estimate of drug-likeness (QED) is 0.705. The van der Waals surface area contributed by atoms with Gasteiger partial charge in [0.1, 0.15) is 0 Å². The average molecular weight is 299 g/mol. The third-order valence-corrected chi connectivity index (χ3v) is 3.83. The lowest BCUT2D eigenvalue weighted by Crippen LogP contribution is -2.29. The van der Waals surface area contributed by atoms with Gasteiger partial charge in [0.05, 0.1) is 18.5 Å². The maximum Gasteiger partial charge on any atom is 0.268 e. The number of nitrogens with zero attached hydrogens (tertiary/aromatic N) is 3. The van der Waals surface area contributed by atoms with Crippen LogP contribution in [0.2, 0.25) is 0 Å². The fraction of sp³-hybridized carbons (Fsp3) is 0.714. The van der Waals surface area contributed by atoms with Crippen molar-refractivity contribution in [2.45, 2.75) is 26.3 Å². The molecular formula is C14H25N3O2S. The Labute approximate surface area is 126 Å². The number of thiol groups is 1. The van der Waals surface area contributed by atoms with Gasteiger partial charge in [-0.15, -0.1) is 0 Å². The monoisotopic (exact) mass is 299 g/mol. The summed E-state index contributed by atoms with van der Waals surface area (Å²) in [5.41, 5.74) is 0.760. The van der Waals surface area contributed by atoms with Crippen LogP contribution >= 0.6 is 12.6 Å². The summed E-state index contributed by atoms with van der Waals surface area (Å²) in [6.45, 7) is 4.13. The molecule has 1 aromatic rings. The molecule has 5 nitrogen and oxygen atoms in total. The minimum atomic E-state index is -0.0605. The van der Waals surface area contributed by atoms with E-state index >= 15 is 0 Å². The lowest BCUT2D eigenvalue weighted by molar-refractivity contribution is 0.206. The fourth-order valence-corrected chi connectivity index (χ4v) is 2.32. The van der Waals surface area contributed by atoms with Gasteiger partial charge in [-0.05, 0) is 18.1 Å². The molecule has 0 aromatic carbocycles.